The molecule has 1 saturated heterocycles. The number of hydrogen-bond donors (Lipinski definition) is 1. The highest BCUT2D eigenvalue weighted by atomic mass is 15.3. The lowest BCUT2D eigenvalue weighted by atomic mass is 9.91. The summed E-state index contributed by atoms with van der Waals surface area (Å²) in [4.78, 5) is 6.98. The van der Waals surface area contributed by atoms with E-state index in [0.717, 1.165) is 12.2 Å². The van der Waals surface area contributed by atoms with Crippen molar-refractivity contribution in [1.29, 1.82) is 0 Å². The number of likely N-dealkylation sites (tertiary alicyclic amines) is 1. The van der Waals surface area contributed by atoms with Gasteiger partial charge in [0, 0.05) is 30.3 Å². The molecule has 0 spiro atoms. The van der Waals surface area contributed by atoms with Crippen molar-refractivity contribution in [2.45, 2.75) is 38.6 Å². The number of nitrogen functional groups attached to an aromatic ring is 1. The van der Waals surface area contributed by atoms with Gasteiger partial charge in [0.25, 0.3) is 0 Å². The lowest BCUT2D eigenvalue weighted by molar-refractivity contribution is 0.168. The van der Waals surface area contributed by atoms with Gasteiger partial charge in [0.2, 0.25) is 0 Å². The first-order valence-electron chi connectivity index (χ1n) is 6.99. The van der Waals surface area contributed by atoms with Gasteiger partial charge in [0.1, 0.15) is 5.82 Å². The highest BCUT2D eigenvalue weighted by Gasteiger charge is 2.25. The molecule has 0 aliphatic carbocycles. The predicted octanol–water partition coefficient (Wildman–Crippen LogP) is 1.90. The molecular weight excluding hydrogens is 238 g/mol. The first kappa shape index (κ1) is 12.4. The van der Waals surface area contributed by atoms with Gasteiger partial charge < -0.3 is 10.6 Å². The van der Waals surface area contributed by atoms with Crippen molar-refractivity contribution in [3.63, 3.8) is 0 Å². The van der Waals surface area contributed by atoms with Gasteiger partial charge in [-0.1, -0.05) is 0 Å². The summed E-state index contributed by atoms with van der Waals surface area (Å²) in [7, 11) is 0. The van der Waals surface area contributed by atoms with Crippen molar-refractivity contribution in [3.8, 4) is 0 Å². The van der Waals surface area contributed by atoms with Crippen LogP contribution in [0.2, 0.25) is 0 Å². The molecule has 1 unspecified atom stereocenters. The van der Waals surface area contributed by atoms with Gasteiger partial charge in [-0.05, 0) is 39.3 Å². The first-order chi connectivity index (χ1) is 9.16. The Morgan fingerprint density at radius 2 is 2.26 bits per heavy atom. The van der Waals surface area contributed by atoms with Gasteiger partial charge in [-0.25, -0.2) is 4.98 Å². The SMILES string of the molecule is CC(C)N1CCCC(c2cnn3c(N)ccnc23)C1. The molecular formula is C14H21N5. The molecule has 2 aromatic heterocycles. The van der Waals surface area contributed by atoms with E-state index in [0.29, 0.717) is 17.8 Å². The highest BCUT2D eigenvalue weighted by Crippen LogP contribution is 2.30. The van der Waals surface area contributed by atoms with Crippen molar-refractivity contribution < 1.29 is 0 Å². The molecule has 3 rings (SSSR count). The molecule has 19 heavy (non-hydrogen) atoms. The van der Waals surface area contributed by atoms with Crippen LogP contribution in [0.25, 0.3) is 5.65 Å². The number of anilines is 1. The Morgan fingerprint density at radius 3 is 3.05 bits per heavy atom. The summed E-state index contributed by atoms with van der Waals surface area (Å²) in [6.07, 6.45) is 6.15. The summed E-state index contributed by atoms with van der Waals surface area (Å²) >= 11 is 0. The van der Waals surface area contributed by atoms with Crippen LogP contribution in [0.15, 0.2) is 18.5 Å². The third kappa shape index (κ3) is 2.18. The van der Waals surface area contributed by atoms with Crippen molar-refractivity contribution in [2.24, 2.45) is 0 Å². The third-order valence-corrected chi connectivity index (χ3v) is 4.08. The Hall–Kier alpha value is -1.62. The molecule has 1 aliphatic heterocycles. The van der Waals surface area contributed by atoms with Crippen LogP contribution < -0.4 is 5.73 Å². The monoisotopic (exact) mass is 259 g/mol. The Bertz CT molecular complexity index is 574. The normalized spacial score (nSPS) is 21.3. The van der Waals surface area contributed by atoms with E-state index in [1.54, 1.807) is 16.8 Å². The molecule has 1 atom stereocenters. The van der Waals surface area contributed by atoms with Crippen LogP contribution in [0.4, 0.5) is 5.82 Å². The summed E-state index contributed by atoms with van der Waals surface area (Å²) in [6.45, 7) is 6.81. The van der Waals surface area contributed by atoms with Gasteiger partial charge in [0.15, 0.2) is 5.65 Å². The number of piperidine rings is 1. The second kappa shape index (κ2) is 4.81. The van der Waals surface area contributed by atoms with Gasteiger partial charge in [-0.3, -0.25) is 0 Å². The fourth-order valence-electron chi connectivity index (χ4n) is 2.94. The summed E-state index contributed by atoms with van der Waals surface area (Å²) in [5.41, 5.74) is 8.07. The molecule has 5 nitrogen and oxygen atoms in total. The van der Waals surface area contributed by atoms with Crippen LogP contribution in [-0.4, -0.2) is 38.6 Å². The van der Waals surface area contributed by atoms with Gasteiger partial charge in [0.05, 0.1) is 6.20 Å². The van der Waals surface area contributed by atoms with Crippen LogP contribution in [0, 0.1) is 0 Å². The van der Waals surface area contributed by atoms with Crippen LogP contribution in [0.5, 0.6) is 0 Å². The Labute approximate surface area is 113 Å². The lowest BCUT2D eigenvalue weighted by Gasteiger charge is -2.35. The molecule has 2 N–H and O–H groups in total. The average Bonchev–Trinajstić information content (AvgIpc) is 2.84. The minimum absolute atomic E-state index is 0.517. The molecule has 0 bridgehead atoms. The molecule has 1 fully saturated rings. The Kier molecular flexibility index (Phi) is 3.14. The maximum atomic E-state index is 5.92. The maximum absolute atomic E-state index is 5.92. The zero-order valence-electron chi connectivity index (χ0n) is 11.6. The molecule has 102 valence electrons. The average molecular weight is 259 g/mol. The summed E-state index contributed by atoms with van der Waals surface area (Å²) in [6, 6.07) is 2.38. The van der Waals surface area contributed by atoms with Gasteiger partial charge in [-0.2, -0.15) is 9.61 Å². The van der Waals surface area contributed by atoms with Crippen molar-refractivity contribution >= 4 is 11.5 Å². The fraction of sp³-hybridized carbons (Fsp3) is 0.571. The third-order valence-electron chi connectivity index (χ3n) is 4.08. The zero-order valence-corrected chi connectivity index (χ0v) is 11.6. The number of fused-ring (bicyclic) bond motifs is 1. The van der Waals surface area contributed by atoms with Crippen LogP contribution in [-0.2, 0) is 0 Å². The van der Waals surface area contributed by atoms with Crippen LogP contribution >= 0.6 is 0 Å². The fourth-order valence-corrected chi connectivity index (χ4v) is 2.94. The van der Waals surface area contributed by atoms with Crippen LogP contribution in [0.1, 0.15) is 38.2 Å². The molecule has 1 aliphatic rings. The van der Waals surface area contributed by atoms with E-state index in [2.05, 4.69) is 28.8 Å². The highest BCUT2D eigenvalue weighted by molar-refractivity contribution is 5.52. The number of hydrogen-bond acceptors (Lipinski definition) is 4. The predicted molar refractivity (Wildman–Crippen MR) is 76.1 cm³/mol. The minimum Gasteiger partial charge on any atom is -0.384 e. The smallest absolute Gasteiger partial charge is 0.160 e. The summed E-state index contributed by atoms with van der Waals surface area (Å²) in [5.74, 6) is 1.16. The summed E-state index contributed by atoms with van der Waals surface area (Å²) < 4.78 is 1.74. The van der Waals surface area contributed by atoms with E-state index >= 15 is 0 Å². The first-order valence-corrected chi connectivity index (χ1v) is 6.99. The minimum atomic E-state index is 0.517. The molecule has 0 aromatic carbocycles. The number of rotatable bonds is 2. The maximum Gasteiger partial charge on any atom is 0.160 e. The van der Waals surface area contributed by atoms with E-state index in [1.165, 1.54) is 24.9 Å². The Balaban J connectivity index is 1.94. The van der Waals surface area contributed by atoms with E-state index in [9.17, 15) is 0 Å². The van der Waals surface area contributed by atoms with Gasteiger partial charge >= 0.3 is 0 Å². The van der Waals surface area contributed by atoms with Crippen molar-refractivity contribution in [2.75, 3.05) is 18.8 Å². The van der Waals surface area contributed by atoms with E-state index in [-0.39, 0.29) is 0 Å². The largest absolute Gasteiger partial charge is 0.384 e. The van der Waals surface area contributed by atoms with Gasteiger partial charge in [-0.15, -0.1) is 0 Å². The van der Waals surface area contributed by atoms with E-state index < -0.39 is 0 Å². The summed E-state index contributed by atoms with van der Waals surface area (Å²) in [5, 5.41) is 4.37. The molecule has 3 heterocycles. The molecule has 0 saturated carbocycles. The molecule has 0 amide bonds. The van der Waals surface area contributed by atoms with Crippen LogP contribution in [0.3, 0.4) is 0 Å². The number of nitrogens with two attached hydrogens (primary N) is 1. The lowest BCUT2D eigenvalue weighted by Crippen LogP contribution is -2.39. The number of aromatic nitrogens is 3. The van der Waals surface area contributed by atoms with Crippen molar-refractivity contribution in [3.05, 3.63) is 24.0 Å². The Morgan fingerprint density at radius 1 is 1.42 bits per heavy atom. The van der Waals surface area contributed by atoms with E-state index in [4.69, 9.17) is 5.73 Å². The molecule has 2 aromatic rings. The quantitative estimate of drug-likeness (QED) is 0.895. The topological polar surface area (TPSA) is 59.5 Å². The zero-order chi connectivity index (χ0) is 13.4. The standard InChI is InChI=1S/C14H21N5/c1-10(2)18-7-3-4-11(9-18)12-8-17-19-13(15)5-6-16-14(12)19/h5-6,8,10-11H,3-4,7,9,15H2,1-2H3. The van der Waals surface area contributed by atoms with E-state index in [1.807, 2.05) is 6.20 Å². The number of nitrogens with zero attached hydrogens (tertiary/aromatic N) is 4. The molecule has 5 heteroatoms. The second-order valence-corrected chi connectivity index (χ2v) is 5.63. The second-order valence-electron chi connectivity index (χ2n) is 5.63. The van der Waals surface area contributed by atoms with Crippen molar-refractivity contribution in [1.82, 2.24) is 19.5 Å². The molecule has 0 radical (unpaired) electrons.